The van der Waals surface area contributed by atoms with Gasteiger partial charge in [-0.2, -0.15) is 0 Å². The lowest BCUT2D eigenvalue weighted by molar-refractivity contribution is 1.36. The van der Waals surface area contributed by atoms with Crippen LogP contribution in [-0.2, 0) is 0 Å². The quantitative estimate of drug-likeness (QED) is 0.495. The Bertz CT molecular complexity index is 344. The van der Waals surface area contributed by atoms with Crippen molar-refractivity contribution in [2.24, 2.45) is 0 Å². The number of rotatable bonds is 5. The van der Waals surface area contributed by atoms with E-state index in [9.17, 15) is 0 Å². The summed E-state index contributed by atoms with van der Waals surface area (Å²) in [6.07, 6.45) is 8.78. The third kappa shape index (κ3) is 3.72. The molecule has 2 aliphatic heterocycles. The lowest BCUT2D eigenvalue weighted by atomic mass is 10.9. The van der Waals surface area contributed by atoms with E-state index in [0.29, 0.717) is 4.58 Å². The minimum Gasteiger partial charge on any atom is -0.149 e. The van der Waals surface area contributed by atoms with Crippen LogP contribution in [0.1, 0.15) is 0 Å². The summed E-state index contributed by atoms with van der Waals surface area (Å²) in [5.41, 5.74) is 0. The first-order valence-electron chi connectivity index (χ1n) is 5.04. The molecular weight excluding hydrogens is 377 g/mol. The second-order valence-electron chi connectivity index (χ2n) is 3.21. The molecule has 0 saturated carbocycles. The molecule has 1 fully saturated rings. The van der Waals surface area contributed by atoms with Crippen LogP contribution in [0.2, 0.25) is 0 Å². The highest BCUT2D eigenvalue weighted by Crippen LogP contribution is 2.65. The average Bonchev–Trinajstić information content (AvgIpc) is 2.75. The van der Waals surface area contributed by atoms with Gasteiger partial charge in [-0.05, 0) is 25.0 Å². The van der Waals surface area contributed by atoms with Gasteiger partial charge in [-0.15, -0.1) is 70.6 Å². The van der Waals surface area contributed by atoms with Crippen molar-refractivity contribution >= 4 is 94.1 Å². The monoisotopic (exact) mass is 390 g/mol. The van der Waals surface area contributed by atoms with E-state index in [-0.39, 0.29) is 0 Å². The van der Waals surface area contributed by atoms with Gasteiger partial charge in [-0.25, -0.2) is 0 Å². The molecule has 0 N–H and O–H groups in total. The summed E-state index contributed by atoms with van der Waals surface area (Å²) < 4.78 is 7.45. The summed E-state index contributed by atoms with van der Waals surface area (Å²) in [7, 11) is 0. The normalized spacial score (nSPS) is 24.2. The van der Waals surface area contributed by atoms with E-state index in [0.717, 1.165) is 4.58 Å². The Kier molecular flexibility index (Phi) is 7.45. The predicted octanol–water partition coefficient (Wildman–Crippen LogP) is 6.30. The van der Waals surface area contributed by atoms with Gasteiger partial charge >= 0.3 is 0 Å². The largest absolute Gasteiger partial charge is 0.149 e. The maximum Gasteiger partial charge on any atom is 0.0817 e. The van der Waals surface area contributed by atoms with Gasteiger partial charge in [0.2, 0.25) is 0 Å². The average molecular weight is 391 g/mol. The summed E-state index contributed by atoms with van der Waals surface area (Å²) in [6, 6.07) is 0. The fraction of sp³-hybridized carbons (Fsp3) is 0.600. The van der Waals surface area contributed by atoms with Crippen LogP contribution in [0.25, 0.3) is 0 Å². The summed E-state index contributed by atoms with van der Waals surface area (Å²) in [5.74, 6) is 0. The van der Waals surface area contributed by atoms with Crippen LogP contribution in [0.4, 0.5) is 0 Å². The third-order valence-electron chi connectivity index (χ3n) is 2.21. The predicted molar refractivity (Wildman–Crippen MR) is 106 cm³/mol. The summed E-state index contributed by atoms with van der Waals surface area (Å²) in [6.45, 7) is 0. The van der Waals surface area contributed by atoms with E-state index in [2.05, 4.69) is 48.5 Å². The second-order valence-corrected chi connectivity index (χ2v) is 12.8. The topological polar surface area (TPSA) is 0 Å². The van der Waals surface area contributed by atoms with Gasteiger partial charge in [-0.1, -0.05) is 23.5 Å². The van der Waals surface area contributed by atoms with Crippen LogP contribution >= 0.6 is 94.1 Å². The van der Waals surface area contributed by atoms with Gasteiger partial charge in [0.25, 0.3) is 0 Å². The molecule has 0 aromatic rings. The van der Waals surface area contributed by atoms with Gasteiger partial charge in [0.15, 0.2) is 0 Å². The van der Waals surface area contributed by atoms with Crippen molar-refractivity contribution in [1.29, 1.82) is 0 Å². The Morgan fingerprint density at radius 2 is 1.33 bits per heavy atom. The van der Waals surface area contributed by atoms with Gasteiger partial charge < -0.3 is 0 Å². The Morgan fingerprint density at radius 3 is 1.72 bits per heavy atom. The molecule has 0 bridgehead atoms. The highest BCUT2D eigenvalue weighted by atomic mass is 32.3. The lowest BCUT2D eigenvalue weighted by Gasteiger charge is -2.33. The summed E-state index contributed by atoms with van der Waals surface area (Å²) >= 11 is 15.8. The Labute approximate surface area is 144 Å². The molecule has 0 aromatic heterocycles. The number of hydrogen-bond acceptors (Lipinski definition) is 8. The highest BCUT2D eigenvalue weighted by molar-refractivity contribution is 8.45. The zero-order valence-corrected chi connectivity index (χ0v) is 17.0. The molecule has 2 aliphatic rings. The van der Waals surface area contributed by atoms with Crippen molar-refractivity contribution in [2.75, 3.05) is 25.0 Å². The first kappa shape index (κ1) is 16.6. The van der Waals surface area contributed by atoms with Crippen LogP contribution in [0, 0.1) is 0 Å². The van der Waals surface area contributed by atoms with Crippen molar-refractivity contribution in [3.05, 3.63) is 16.9 Å². The molecule has 0 spiro atoms. The van der Waals surface area contributed by atoms with Crippen molar-refractivity contribution in [3.63, 3.8) is 0 Å². The van der Waals surface area contributed by atoms with Crippen molar-refractivity contribution in [2.45, 2.75) is 9.16 Å². The van der Waals surface area contributed by atoms with Crippen LogP contribution in [-0.4, -0.2) is 34.2 Å². The highest BCUT2D eigenvalue weighted by Gasteiger charge is 2.36. The van der Waals surface area contributed by atoms with E-state index < -0.39 is 0 Å². The molecule has 2 heterocycles. The fourth-order valence-electron chi connectivity index (χ4n) is 1.35. The number of thioether (sulfide) groups is 8. The Hall–Kier alpha value is 2.28. The minimum absolute atomic E-state index is 0.716. The molecule has 0 nitrogen and oxygen atoms in total. The molecule has 8 heteroatoms. The Balaban J connectivity index is 1.94. The van der Waals surface area contributed by atoms with E-state index in [4.69, 9.17) is 0 Å². The van der Waals surface area contributed by atoms with Crippen molar-refractivity contribution in [1.82, 2.24) is 0 Å². The smallest absolute Gasteiger partial charge is 0.0817 e. The Morgan fingerprint density at radius 1 is 0.833 bits per heavy atom. The zero-order valence-electron chi connectivity index (χ0n) is 10.4. The van der Waals surface area contributed by atoms with E-state index in [1.165, 1.54) is 12.7 Å². The molecule has 2 rings (SSSR count). The van der Waals surface area contributed by atoms with Gasteiger partial charge in [-0.3, -0.25) is 0 Å². The van der Waals surface area contributed by atoms with Gasteiger partial charge in [0, 0.05) is 0 Å². The van der Waals surface area contributed by atoms with Gasteiger partial charge in [0.05, 0.1) is 26.1 Å². The van der Waals surface area contributed by atoms with E-state index in [1.807, 2.05) is 70.6 Å². The van der Waals surface area contributed by atoms with Crippen molar-refractivity contribution < 1.29 is 0 Å². The van der Waals surface area contributed by atoms with E-state index >= 15 is 0 Å². The maximum atomic E-state index is 2.21. The first-order chi connectivity index (χ1) is 8.73. The SMILES string of the molecule is CSC1=C(SC)SC(=C2SC(C(SC)SC)S2)S1. The minimum atomic E-state index is 0.716. The van der Waals surface area contributed by atoms with Crippen LogP contribution < -0.4 is 0 Å². The molecule has 0 atom stereocenters. The summed E-state index contributed by atoms with van der Waals surface area (Å²) in [4.78, 5) is 0. The first-order valence-corrected chi connectivity index (χ1v) is 13.5. The molecule has 0 aromatic carbocycles. The molecular formula is C10H14S8. The van der Waals surface area contributed by atoms with Gasteiger partial charge in [0.1, 0.15) is 0 Å². The van der Waals surface area contributed by atoms with E-state index in [1.54, 1.807) is 4.24 Å². The van der Waals surface area contributed by atoms with Crippen molar-refractivity contribution in [3.8, 4) is 0 Å². The molecule has 0 radical (unpaired) electrons. The van der Waals surface area contributed by atoms with Crippen LogP contribution in [0.5, 0.6) is 0 Å². The molecule has 18 heavy (non-hydrogen) atoms. The fourth-order valence-corrected chi connectivity index (χ4v) is 12.1. The zero-order chi connectivity index (χ0) is 13.1. The lowest BCUT2D eigenvalue weighted by Crippen LogP contribution is -2.18. The standard InChI is InChI=1S/C10H14S8/c1-11-5(12-2)8-17-10(18-8)9-15-6(13-3)7(14-4)16-9/h5,8H,1-4H3. The molecule has 0 amide bonds. The second kappa shape index (κ2) is 8.06. The van der Waals surface area contributed by atoms with Crippen LogP contribution in [0.15, 0.2) is 16.9 Å². The molecule has 1 saturated heterocycles. The third-order valence-corrected chi connectivity index (χ3v) is 14.3. The number of hydrogen-bond donors (Lipinski definition) is 0. The maximum absolute atomic E-state index is 2.21. The molecule has 102 valence electrons. The summed E-state index contributed by atoms with van der Waals surface area (Å²) in [5, 5.41) is 0. The van der Waals surface area contributed by atoms with Crippen LogP contribution in [0.3, 0.4) is 0 Å². The molecule has 0 unspecified atom stereocenters. The molecule has 0 aliphatic carbocycles.